The van der Waals surface area contributed by atoms with Crippen LogP contribution in [0.3, 0.4) is 0 Å². The zero-order valence-electron chi connectivity index (χ0n) is 9.68. The third-order valence-corrected chi connectivity index (χ3v) is 2.67. The predicted octanol–water partition coefficient (Wildman–Crippen LogP) is 4.01. The van der Waals surface area contributed by atoms with Crippen LogP contribution in [-0.2, 0) is 0 Å². The van der Waals surface area contributed by atoms with E-state index < -0.39 is 0 Å². The van der Waals surface area contributed by atoms with Crippen molar-refractivity contribution in [1.29, 1.82) is 5.26 Å². The minimum atomic E-state index is 0.321. The molecule has 2 aromatic carbocycles. The molecule has 0 aliphatic carbocycles. The highest BCUT2D eigenvalue weighted by Crippen LogP contribution is 2.30. The lowest BCUT2D eigenvalue weighted by atomic mass is 10.2. The van der Waals surface area contributed by atoms with Crippen LogP contribution < -0.4 is 9.47 Å². The van der Waals surface area contributed by atoms with E-state index in [0.29, 0.717) is 27.8 Å². The second kappa shape index (κ2) is 5.44. The molecule has 0 amide bonds. The highest BCUT2D eigenvalue weighted by molar-refractivity contribution is 6.31. The van der Waals surface area contributed by atoms with Crippen molar-refractivity contribution in [2.45, 2.75) is 0 Å². The lowest BCUT2D eigenvalue weighted by molar-refractivity contribution is 0.409. The summed E-state index contributed by atoms with van der Waals surface area (Å²) in [5, 5.41) is 9.41. The fourth-order valence-electron chi connectivity index (χ4n) is 1.49. The topological polar surface area (TPSA) is 42.2 Å². The molecule has 0 saturated carbocycles. The molecule has 2 aromatic rings. The maximum atomic E-state index is 9.04. The second-order valence-corrected chi connectivity index (χ2v) is 3.91. The van der Waals surface area contributed by atoms with E-state index in [1.165, 1.54) is 0 Å². The molecule has 4 heteroatoms. The number of rotatable bonds is 3. The number of nitriles is 1. The normalized spacial score (nSPS) is 9.61. The molecule has 0 aliphatic rings. The SMILES string of the molecule is COc1cccc(Oc2cccc(Cl)c2C#N)c1. The fourth-order valence-corrected chi connectivity index (χ4v) is 1.70. The molecule has 0 unspecified atom stereocenters. The second-order valence-electron chi connectivity index (χ2n) is 3.51. The van der Waals surface area contributed by atoms with Gasteiger partial charge in [-0.05, 0) is 24.3 Å². The van der Waals surface area contributed by atoms with Gasteiger partial charge >= 0.3 is 0 Å². The van der Waals surface area contributed by atoms with Crippen molar-refractivity contribution in [3.05, 3.63) is 53.1 Å². The first-order valence-corrected chi connectivity index (χ1v) is 5.63. The Labute approximate surface area is 110 Å². The number of halogens is 1. The molecule has 0 fully saturated rings. The zero-order chi connectivity index (χ0) is 13.0. The van der Waals surface area contributed by atoms with Crippen LogP contribution in [0, 0.1) is 11.3 Å². The van der Waals surface area contributed by atoms with Crippen LogP contribution in [0.5, 0.6) is 17.2 Å². The van der Waals surface area contributed by atoms with Crippen molar-refractivity contribution in [3.63, 3.8) is 0 Å². The largest absolute Gasteiger partial charge is 0.497 e. The third kappa shape index (κ3) is 2.55. The van der Waals surface area contributed by atoms with Crippen molar-refractivity contribution in [1.82, 2.24) is 0 Å². The average molecular weight is 260 g/mol. The Morgan fingerprint density at radius 1 is 1.11 bits per heavy atom. The number of hydrogen-bond donors (Lipinski definition) is 0. The summed E-state index contributed by atoms with van der Waals surface area (Å²) in [6.07, 6.45) is 0. The maximum absolute atomic E-state index is 9.04. The molecular formula is C14H10ClNO2. The van der Waals surface area contributed by atoms with Gasteiger partial charge in [0.15, 0.2) is 0 Å². The fraction of sp³-hybridized carbons (Fsp3) is 0.0714. The lowest BCUT2D eigenvalue weighted by Crippen LogP contribution is -1.90. The summed E-state index contributed by atoms with van der Waals surface area (Å²) in [5.74, 6) is 1.71. The Morgan fingerprint density at radius 3 is 2.56 bits per heavy atom. The van der Waals surface area contributed by atoms with Gasteiger partial charge in [0.25, 0.3) is 0 Å². The number of nitrogens with zero attached hydrogens (tertiary/aromatic N) is 1. The van der Waals surface area contributed by atoms with E-state index in [4.69, 9.17) is 26.3 Å². The summed E-state index contributed by atoms with van der Waals surface area (Å²) in [7, 11) is 1.58. The molecule has 0 heterocycles. The number of benzene rings is 2. The van der Waals surface area contributed by atoms with Gasteiger partial charge in [0.2, 0.25) is 0 Å². The monoisotopic (exact) mass is 259 g/mol. The first-order valence-electron chi connectivity index (χ1n) is 5.25. The van der Waals surface area contributed by atoms with Gasteiger partial charge < -0.3 is 9.47 Å². The quantitative estimate of drug-likeness (QED) is 0.836. The van der Waals surface area contributed by atoms with Gasteiger partial charge in [-0.15, -0.1) is 0 Å². The van der Waals surface area contributed by atoms with Crippen LogP contribution in [0.1, 0.15) is 5.56 Å². The Bertz CT molecular complexity index is 605. The van der Waals surface area contributed by atoms with Crippen molar-refractivity contribution in [3.8, 4) is 23.3 Å². The van der Waals surface area contributed by atoms with Gasteiger partial charge in [-0.1, -0.05) is 23.7 Å². The van der Waals surface area contributed by atoms with E-state index in [1.54, 1.807) is 37.4 Å². The summed E-state index contributed by atoms with van der Waals surface area (Å²) < 4.78 is 10.7. The molecule has 0 saturated heterocycles. The Balaban J connectivity index is 2.34. The molecule has 2 rings (SSSR count). The van der Waals surface area contributed by atoms with Gasteiger partial charge in [-0.25, -0.2) is 0 Å². The van der Waals surface area contributed by atoms with Gasteiger partial charge in [0, 0.05) is 6.07 Å². The van der Waals surface area contributed by atoms with Gasteiger partial charge in [0.05, 0.1) is 12.1 Å². The summed E-state index contributed by atoms with van der Waals surface area (Å²) in [5.41, 5.74) is 0.321. The summed E-state index contributed by atoms with van der Waals surface area (Å²) in [4.78, 5) is 0. The third-order valence-electron chi connectivity index (χ3n) is 2.36. The number of ether oxygens (including phenoxy) is 2. The average Bonchev–Trinajstić information content (AvgIpc) is 2.39. The molecular weight excluding hydrogens is 250 g/mol. The van der Waals surface area contributed by atoms with Gasteiger partial charge in [-0.3, -0.25) is 0 Å². The van der Waals surface area contributed by atoms with Crippen LogP contribution in [0.25, 0.3) is 0 Å². The minimum Gasteiger partial charge on any atom is -0.497 e. The molecule has 0 atom stereocenters. The van der Waals surface area contributed by atoms with Gasteiger partial charge in [-0.2, -0.15) is 5.26 Å². The zero-order valence-corrected chi connectivity index (χ0v) is 10.4. The van der Waals surface area contributed by atoms with E-state index in [-0.39, 0.29) is 0 Å². The Kier molecular flexibility index (Phi) is 3.71. The van der Waals surface area contributed by atoms with Crippen molar-refractivity contribution in [2.75, 3.05) is 7.11 Å². The van der Waals surface area contributed by atoms with E-state index >= 15 is 0 Å². The van der Waals surface area contributed by atoms with E-state index in [9.17, 15) is 0 Å². The van der Waals surface area contributed by atoms with Crippen LogP contribution in [0.2, 0.25) is 5.02 Å². The van der Waals surface area contributed by atoms with Crippen LogP contribution in [-0.4, -0.2) is 7.11 Å². The molecule has 0 aliphatic heterocycles. The summed E-state index contributed by atoms with van der Waals surface area (Å²) >= 11 is 5.93. The van der Waals surface area contributed by atoms with Crippen molar-refractivity contribution < 1.29 is 9.47 Å². The molecule has 0 radical (unpaired) electrons. The first kappa shape index (κ1) is 12.3. The Morgan fingerprint density at radius 2 is 1.83 bits per heavy atom. The van der Waals surface area contributed by atoms with Gasteiger partial charge in [0.1, 0.15) is 28.9 Å². The van der Waals surface area contributed by atoms with Crippen molar-refractivity contribution >= 4 is 11.6 Å². The molecule has 3 nitrogen and oxygen atoms in total. The van der Waals surface area contributed by atoms with Crippen LogP contribution >= 0.6 is 11.6 Å². The summed E-state index contributed by atoms with van der Waals surface area (Å²) in [6, 6.07) is 14.3. The number of methoxy groups -OCH3 is 1. The summed E-state index contributed by atoms with van der Waals surface area (Å²) in [6.45, 7) is 0. The standard InChI is InChI=1S/C14H10ClNO2/c1-17-10-4-2-5-11(8-10)18-14-7-3-6-13(15)12(14)9-16/h2-8H,1H3. The van der Waals surface area contributed by atoms with Crippen molar-refractivity contribution in [2.24, 2.45) is 0 Å². The molecule has 0 aromatic heterocycles. The van der Waals surface area contributed by atoms with E-state index in [2.05, 4.69) is 0 Å². The first-order chi connectivity index (χ1) is 8.74. The number of hydrogen-bond acceptors (Lipinski definition) is 3. The van der Waals surface area contributed by atoms with Crippen LogP contribution in [0.15, 0.2) is 42.5 Å². The van der Waals surface area contributed by atoms with E-state index in [1.807, 2.05) is 18.2 Å². The highest BCUT2D eigenvalue weighted by Gasteiger charge is 2.08. The highest BCUT2D eigenvalue weighted by atomic mass is 35.5. The Hall–Kier alpha value is -2.18. The predicted molar refractivity (Wildman–Crippen MR) is 69.2 cm³/mol. The lowest BCUT2D eigenvalue weighted by Gasteiger charge is -2.09. The molecule has 18 heavy (non-hydrogen) atoms. The molecule has 90 valence electrons. The van der Waals surface area contributed by atoms with Crippen LogP contribution in [0.4, 0.5) is 0 Å². The molecule has 0 spiro atoms. The smallest absolute Gasteiger partial charge is 0.146 e. The maximum Gasteiger partial charge on any atom is 0.146 e. The molecule has 0 bridgehead atoms. The minimum absolute atomic E-state index is 0.321. The van der Waals surface area contributed by atoms with E-state index in [0.717, 1.165) is 0 Å². The molecule has 0 N–H and O–H groups in total.